The number of imidazole rings is 1. The zero-order chi connectivity index (χ0) is 13.7. The smallest absolute Gasteiger partial charge is 0.321 e. The van der Waals surface area contributed by atoms with E-state index in [1.807, 2.05) is 16.8 Å². The molecule has 0 saturated heterocycles. The number of hydrogen-bond acceptors (Lipinski definition) is 4. The highest BCUT2D eigenvalue weighted by Crippen LogP contribution is 2.23. The molecular formula is C12H12N4O2S. The van der Waals surface area contributed by atoms with E-state index in [0.717, 1.165) is 10.1 Å². The summed E-state index contributed by atoms with van der Waals surface area (Å²) in [5.74, 6) is 0.689. The van der Waals surface area contributed by atoms with Gasteiger partial charge < -0.3 is 4.57 Å². The van der Waals surface area contributed by atoms with Gasteiger partial charge in [0, 0.05) is 32.1 Å². The van der Waals surface area contributed by atoms with Crippen molar-refractivity contribution in [1.82, 2.24) is 18.7 Å². The van der Waals surface area contributed by atoms with Gasteiger partial charge in [0.2, 0.25) is 0 Å². The van der Waals surface area contributed by atoms with Crippen LogP contribution >= 0.6 is 11.3 Å². The molecule has 0 radical (unpaired) electrons. The molecule has 98 valence electrons. The van der Waals surface area contributed by atoms with Crippen molar-refractivity contribution in [3.63, 3.8) is 0 Å². The van der Waals surface area contributed by atoms with E-state index in [0.29, 0.717) is 17.0 Å². The summed E-state index contributed by atoms with van der Waals surface area (Å²) >= 11 is 1.56. The highest BCUT2D eigenvalue weighted by atomic mass is 32.1. The van der Waals surface area contributed by atoms with Crippen molar-refractivity contribution in [2.75, 3.05) is 0 Å². The minimum absolute atomic E-state index is 0.324. The van der Waals surface area contributed by atoms with Gasteiger partial charge in [-0.2, -0.15) is 11.3 Å². The van der Waals surface area contributed by atoms with Crippen molar-refractivity contribution in [3.8, 4) is 11.4 Å². The molecule has 0 aliphatic heterocycles. The molecule has 0 amide bonds. The molecule has 0 N–H and O–H groups in total. The summed E-state index contributed by atoms with van der Waals surface area (Å²) in [6, 6.07) is 1.94. The monoisotopic (exact) mass is 276 g/mol. The fourth-order valence-electron chi connectivity index (χ4n) is 2.17. The normalized spacial score (nSPS) is 11.3. The lowest BCUT2D eigenvalue weighted by molar-refractivity contribution is 0.705. The summed E-state index contributed by atoms with van der Waals surface area (Å²) in [4.78, 5) is 28.5. The van der Waals surface area contributed by atoms with Crippen LogP contribution in [0.2, 0.25) is 0 Å². The number of thiophene rings is 1. The van der Waals surface area contributed by atoms with Gasteiger partial charge in [0.1, 0.15) is 5.82 Å². The summed E-state index contributed by atoms with van der Waals surface area (Å²) in [5, 5.41) is 3.91. The number of aryl methyl sites for hydroxylation is 2. The maximum atomic E-state index is 12.2. The first-order valence-electron chi connectivity index (χ1n) is 5.67. The Labute approximate surface area is 112 Å². The third kappa shape index (κ3) is 1.51. The molecule has 0 unspecified atom stereocenters. The molecule has 0 bridgehead atoms. The lowest BCUT2D eigenvalue weighted by atomic mass is 10.3. The van der Waals surface area contributed by atoms with Crippen LogP contribution < -0.4 is 11.2 Å². The topological polar surface area (TPSA) is 61.8 Å². The predicted octanol–water partition coefficient (Wildman–Crippen LogP) is 0.699. The number of nitrogens with zero attached hydrogens (tertiary/aromatic N) is 4. The van der Waals surface area contributed by atoms with Crippen molar-refractivity contribution in [2.24, 2.45) is 21.1 Å². The Balaban J connectivity index is 2.53. The van der Waals surface area contributed by atoms with E-state index in [4.69, 9.17) is 0 Å². The Morgan fingerprint density at radius 2 is 1.84 bits per heavy atom. The van der Waals surface area contributed by atoms with Crippen LogP contribution in [0.5, 0.6) is 0 Å². The Kier molecular flexibility index (Phi) is 2.46. The molecule has 3 aromatic rings. The van der Waals surface area contributed by atoms with E-state index < -0.39 is 0 Å². The fraction of sp³-hybridized carbons (Fsp3) is 0.250. The van der Waals surface area contributed by atoms with Crippen molar-refractivity contribution >= 4 is 22.5 Å². The molecule has 0 atom stereocenters. The molecule has 6 nitrogen and oxygen atoms in total. The van der Waals surface area contributed by atoms with Crippen molar-refractivity contribution in [3.05, 3.63) is 37.7 Å². The standard InChI is InChI=1S/C12H12N4O2S/c1-14-8-10(13-9(14)7-4-5-19-6-7)15(2)12(18)16(3)11(8)17/h4-6H,1-3H3. The second kappa shape index (κ2) is 3.92. The van der Waals surface area contributed by atoms with Gasteiger partial charge in [-0.3, -0.25) is 13.9 Å². The maximum Gasteiger partial charge on any atom is 0.332 e. The van der Waals surface area contributed by atoms with Gasteiger partial charge in [0.15, 0.2) is 11.2 Å². The van der Waals surface area contributed by atoms with Crippen molar-refractivity contribution in [1.29, 1.82) is 0 Å². The molecule has 7 heteroatoms. The number of hydrogen-bond donors (Lipinski definition) is 0. The average Bonchev–Trinajstić information content (AvgIpc) is 3.01. The van der Waals surface area contributed by atoms with Crippen LogP contribution in [0.15, 0.2) is 26.4 Å². The van der Waals surface area contributed by atoms with Crippen LogP contribution in [-0.2, 0) is 21.1 Å². The number of rotatable bonds is 1. The SMILES string of the molecule is Cn1c(=O)c2c(nc(-c3ccsc3)n2C)n(C)c1=O. The first kappa shape index (κ1) is 11.9. The highest BCUT2D eigenvalue weighted by molar-refractivity contribution is 7.08. The van der Waals surface area contributed by atoms with Crippen LogP contribution in [0.1, 0.15) is 0 Å². The van der Waals surface area contributed by atoms with Crippen LogP contribution in [0.4, 0.5) is 0 Å². The van der Waals surface area contributed by atoms with E-state index in [1.54, 1.807) is 30.0 Å². The molecule has 0 spiro atoms. The molecule has 3 rings (SSSR count). The van der Waals surface area contributed by atoms with E-state index >= 15 is 0 Å². The van der Waals surface area contributed by atoms with Gasteiger partial charge in [0.25, 0.3) is 5.56 Å². The summed E-state index contributed by atoms with van der Waals surface area (Å²) in [6.07, 6.45) is 0. The third-order valence-corrected chi connectivity index (χ3v) is 3.94. The van der Waals surface area contributed by atoms with E-state index in [-0.39, 0.29) is 11.2 Å². The Bertz CT molecular complexity index is 883. The molecule has 19 heavy (non-hydrogen) atoms. The summed E-state index contributed by atoms with van der Waals surface area (Å²) in [6.45, 7) is 0. The minimum atomic E-state index is -0.368. The van der Waals surface area contributed by atoms with Crippen LogP contribution in [0.25, 0.3) is 22.6 Å². The van der Waals surface area contributed by atoms with E-state index in [2.05, 4.69) is 4.98 Å². The molecule has 0 aliphatic rings. The second-order valence-corrected chi connectivity index (χ2v) is 5.16. The van der Waals surface area contributed by atoms with Crippen molar-refractivity contribution in [2.45, 2.75) is 0 Å². The van der Waals surface area contributed by atoms with Crippen LogP contribution in [0, 0.1) is 0 Å². The predicted molar refractivity (Wildman–Crippen MR) is 74.5 cm³/mol. The summed E-state index contributed by atoms with van der Waals surface area (Å²) in [5.41, 5.74) is 1.10. The van der Waals surface area contributed by atoms with E-state index in [1.165, 1.54) is 11.6 Å². The van der Waals surface area contributed by atoms with Gasteiger partial charge in [0.05, 0.1) is 0 Å². The first-order valence-corrected chi connectivity index (χ1v) is 6.61. The van der Waals surface area contributed by atoms with Gasteiger partial charge in [-0.05, 0) is 11.4 Å². The summed E-state index contributed by atoms with van der Waals surface area (Å²) in [7, 11) is 4.88. The molecule has 0 saturated carbocycles. The molecule has 3 heterocycles. The van der Waals surface area contributed by atoms with Crippen molar-refractivity contribution < 1.29 is 0 Å². The molecular weight excluding hydrogens is 264 g/mol. The Morgan fingerprint density at radius 3 is 2.47 bits per heavy atom. The summed E-state index contributed by atoms with van der Waals surface area (Å²) < 4.78 is 4.23. The zero-order valence-electron chi connectivity index (χ0n) is 10.7. The molecule has 0 fully saturated rings. The minimum Gasteiger partial charge on any atom is -0.321 e. The van der Waals surface area contributed by atoms with Gasteiger partial charge in [-0.15, -0.1) is 0 Å². The molecule has 0 aromatic carbocycles. The number of fused-ring (bicyclic) bond motifs is 1. The lowest BCUT2D eigenvalue weighted by Gasteiger charge is -2.03. The highest BCUT2D eigenvalue weighted by Gasteiger charge is 2.17. The average molecular weight is 276 g/mol. The first-order chi connectivity index (χ1) is 9.02. The zero-order valence-corrected chi connectivity index (χ0v) is 11.6. The quantitative estimate of drug-likeness (QED) is 0.657. The number of aromatic nitrogens is 4. The molecule has 3 aromatic heterocycles. The Hall–Kier alpha value is -2.15. The van der Waals surface area contributed by atoms with Gasteiger partial charge in [-0.25, -0.2) is 9.78 Å². The van der Waals surface area contributed by atoms with Crippen LogP contribution in [-0.4, -0.2) is 18.7 Å². The maximum absolute atomic E-state index is 12.2. The van der Waals surface area contributed by atoms with E-state index in [9.17, 15) is 9.59 Å². The largest absolute Gasteiger partial charge is 0.332 e. The lowest BCUT2D eigenvalue weighted by Crippen LogP contribution is -2.37. The fourth-order valence-corrected chi connectivity index (χ4v) is 2.80. The van der Waals surface area contributed by atoms with Crippen LogP contribution in [0.3, 0.4) is 0 Å². The van der Waals surface area contributed by atoms with Gasteiger partial charge in [-0.1, -0.05) is 0 Å². The second-order valence-electron chi connectivity index (χ2n) is 4.38. The Morgan fingerprint density at radius 1 is 1.11 bits per heavy atom. The third-order valence-electron chi connectivity index (χ3n) is 3.25. The molecule has 0 aliphatic carbocycles. The van der Waals surface area contributed by atoms with Gasteiger partial charge >= 0.3 is 5.69 Å².